The Labute approximate surface area is 197 Å². The molecule has 35 heavy (non-hydrogen) atoms. The van der Waals surface area contributed by atoms with Gasteiger partial charge in [0.15, 0.2) is 11.5 Å². The van der Waals surface area contributed by atoms with Crippen LogP contribution in [0, 0.1) is 0 Å². The minimum atomic E-state index is -4.86. The fourth-order valence-electron chi connectivity index (χ4n) is 3.13. The van der Waals surface area contributed by atoms with Gasteiger partial charge in [0.25, 0.3) is 5.91 Å². The maximum absolute atomic E-state index is 13.8. The zero-order chi connectivity index (χ0) is 24.8. The molecule has 1 aromatic carbocycles. The average molecular weight is 484 g/mol. The molecule has 0 bridgehead atoms. The standard InChI is InChI=1S/C23H19F3N6O3/c1-34-20-9-8-19(30-31-20)32-21(23(24,25)26)18(13-29-32)22(33)28-12-15-4-6-17(7-5-15)35-14-16-3-2-10-27-11-16/h2-11,13H,12,14H2,1H3,(H,28,33). The third kappa shape index (κ3) is 5.72. The second-order valence-electron chi connectivity index (χ2n) is 7.23. The molecule has 4 aromatic rings. The van der Waals surface area contributed by atoms with Crippen molar-refractivity contribution in [3.8, 4) is 17.4 Å². The van der Waals surface area contributed by atoms with Crippen molar-refractivity contribution in [2.45, 2.75) is 19.3 Å². The van der Waals surface area contributed by atoms with Crippen molar-refractivity contribution in [1.29, 1.82) is 0 Å². The Hall–Kier alpha value is -4.48. The Kier molecular flexibility index (Phi) is 6.90. The summed E-state index contributed by atoms with van der Waals surface area (Å²) >= 11 is 0. The van der Waals surface area contributed by atoms with Crippen LogP contribution in [-0.2, 0) is 19.3 Å². The van der Waals surface area contributed by atoms with Crippen LogP contribution in [-0.4, -0.2) is 38.0 Å². The van der Waals surface area contributed by atoms with E-state index in [1.807, 2.05) is 12.1 Å². The molecule has 4 rings (SSSR count). The highest BCUT2D eigenvalue weighted by molar-refractivity contribution is 5.95. The van der Waals surface area contributed by atoms with Gasteiger partial charge < -0.3 is 14.8 Å². The highest BCUT2D eigenvalue weighted by Crippen LogP contribution is 2.33. The molecule has 0 atom stereocenters. The van der Waals surface area contributed by atoms with Gasteiger partial charge in [0.1, 0.15) is 12.4 Å². The van der Waals surface area contributed by atoms with E-state index < -0.39 is 23.3 Å². The van der Waals surface area contributed by atoms with Crippen LogP contribution in [0.5, 0.6) is 11.6 Å². The number of benzene rings is 1. The van der Waals surface area contributed by atoms with Crippen LogP contribution in [0.15, 0.2) is 67.1 Å². The van der Waals surface area contributed by atoms with Gasteiger partial charge in [-0.2, -0.15) is 18.3 Å². The van der Waals surface area contributed by atoms with Gasteiger partial charge in [-0.05, 0) is 29.8 Å². The predicted octanol–water partition coefficient (Wildman–Crippen LogP) is 3.59. The van der Waals surface area contributed by atoms with Crippen molar-refractivity contribution in [2.24, 2.45) is 0 Å². The number of nitrogens with zero attached hydrogens (tertiary/aromatic N) is 5. The lowest BCUT2D eigenvalue weighted by atomic mass is 10.2. The van der Waals surface area contributed by atoms with E-state index in [1.165, 1.54) is 19.2 Å². The molecule has 3 aromatic heterocycles. The maximum Gasteiger partial charge on any atom is 0.434 e. The molecule has 0 spiro atoms. The van der Waals surface area contributed by atoms with Crippen molar-refractivity contribution in [2.75, 3.05) is 7.11 Å². The van der Waals surface area contributed by atoms with Crippen LogP contribution in [0.4, 0.5) is 13.2 Å². The smallest absolute Gasteiger partial charge is 0.434 e. The fourth-order valence-corrected chi connectivity index (χ4v) is 3.13. The molecule has 9 nitrogen and oxygen atoms in total. The molecule has 0 saturated heterocycles. The highest BCUT2D eigenvalue weighted by Gasteiger charge is 2.41. The summed E-state index contributed by atoms with van der Waals surface area (Å²) in [6.45, 7) is 0.346. The number of ether oxygens (including phenoxy) is 2. The topological polar surface area (TPSA) is 104 Å². The number of methoxy groups -OCH3 is 1. The molecular weight excluding hydrogens is 465 g/mol. The molecule has 0 aliphatic rings. The molecule has 3 heterocycles. The number of amides is 1. The van der Waals surface area contributed by atoms with E-state index in [4.69, 9.17) is 9.47 Å². The number of nitrogens with one attached hydrogen (secondary N) is 1. The van der Waals surface area contributed by atoms with Gasteiger partial charge in [-0.15, -0.1) is 10.2 Å². The van der Waals surface area contributed by atoms with Gasteiger partial charge in [-0.25, -0.2) is 4.68 Å². The van der Waals surface area contributed by atoms with Gasteiger partial charge >= 0.3 is 6.18 Å². The largest absolute Gasteiger partial charge is 0.489 e. The third-order valence-electron chi connectivity index (χ3n) is 4.84. The highest BCUT2D eigenvalue weighted by atomic mass is 19.4. The SMILES string of the molecule is COc1ccc(-n2ncc(C(=O)NCc3ccc(OCc4cccnc4)cc3)c2C(F)(F)F)nn1. The quantitative estimate of drug-likeness (QED) is 0.408. The summed E-state index contributed by atoms with van der Waals surface area (Å²) in [4.78, 5) is 16.6. The first-order valence-electron chi connectivity index (χ1n) is 10.3. The number of hydrogen-bond donors (Lipinski definition) is 1. The molecule has 0 aliphatic carbocycles. The van der Waals surface area contributed by atoms with Gasteiger partial charge in [0.2, 0.25) is 5.88 Å². The van der Waals surface area contributed by atoms with E-state index in [9.17, 15) is 18.0 Å². The zero-order valence-corrected chi connectivity index (χ0v) is 18.4. The van der Waals surface area contributed by atoms with Gasteiger partial charge in [-0.1, -0.05) is 18.2 Å². The van der Waals surface area contributed by atoms with Crippen molar-refractivity contribution in [1.82, 2.24) is 30.3 Å². The molecule has 0 fully saturated rings. The molecule has 0 unspecified atom stereocenters. The molecule has 1 amide bonds. The lowest BCUT2D eigenvalue weighted by Gasteiger charge is -2.12. The fraction of sp³-hybridized carbons (Fsp3) is 0.174. The van der Waals surface area contributed by atoms with Crippen molar-refractivity contribution < 1.29 is 27.4 Å². The van der Waals surface area contributed by atoms with E-state index in [1.54, 1.807) is 36.7 Å². The van der Waals surface area contributed by atoms with Crippen LogP contribution >= 0.6 is 0 Å². The molecule has 12 heteroatoms. The number of aromatic nitrogens is 5. The number of rotatable bonds is 8. The lowest BCUT2D eigenvalue weighted by Crippen LogP contribution is -2.26. The molecule has 0 saturated carbocycles. The summed E-state index contributed by atoms with van der Waals surface area (Å²) < 4.78 is 52.5. The van der Waals surface area contributed by atoms with Gasteiger partial charge in [0.05, 0.1) is 18.9 Å². The molecular formula is C23H19F3N6O3. The Morgan fingerprint density at radius 1 is 1.03 bits per heavy atom. The van der Waals surface area contributed by atoms with Crippen molar-refractivity contribution >= 4 is 5.91 Å². The number of carbonyl (C=O) groups excluding carboxylic acids is 1. The third-order valence-corrected chi connectivity index (χ3v) is 4.84. The van der Waals surface area contributed by atoms with Crippen molar-refractivity contribution in [3.05, 3.63) is 89.5 Å². The summed E-state index contributed by atoms with van der Waals surface area (Å²) in [5.41, 5.74) is -0.306. The van der Waals surface area contributed by atoms with E-state index >= 15 is 0 Å². The van der Waals surface area contributed by atoms with E-state index in [2.05, 4.69) is 25.6 Å². The predicted molar refractivity (Wildman–Crippen MR) is 117 cm³/mol. The first kappa shape index (κ1) is 23.7. The number of alkyl halides is 3. The summed E-state index contributed by atoms with van der Waals surface area (Å²) in [5.74, 6) is -0.410. The maximum atomic E-state index is 13.8. The first-order valence-corrected chi connectivity index (χ1v) is 10.3. The number of carbonyl (C=O) groups is 1. The van der Waals surface area contributed by atoms with E-state index in [0.717, 1.165) is 11.8 Å². The van der Waals surface area contributed by atoms with Crippen LogP contribution in [0.25, 0.3) is 5.82 Å². The number of pyridine rings is 1. The normalized spacial score (nSPS) is 11.2. The number of halogens is 3. The molecule has 0 aliphatic heterocycles. The summed E-state index contributed by atoms with van der Waals surface area (Å²) in [6.07, 6.45) is -0.650. The van der Waals surface area contributed by atoms with Gasteiger partial charge in [-0.3, -0.25) is 9.78 Å². The number of hydrogen-bond acceptors (Lipinski definition) is 7. The Morgan fingerprint density at radius 2 is 1.83 bits per heavy atom. The Morgan fingerprint density at radius 3 is 2.46 bits per heavy atom. The Balaban J connectivity index is 1.43. The zero-order valence-electron chi connectivity index (χ0n) is 18.4. The summed E-state index contributed by atoms with van der Waals surface area (Å²) in [5, 5.41) is 13.5. The average Bonchev–Trinajstić information content (AvgIpc) is 3.34. The monoisotopic (exact) mass is 484 g/mol. The summed E-state index contributed by atoms with van der Waals surface area (Å²) in [7, 11) is 1.35. The van der Waals surface area contributed by atoms with Crippen molar-refractivity contribution in [3.63, 3.8) is 0 Å². The summed E-state index contributed by atoms with van der Waals surface area (Å²) in [6, 6.07) is 13.1. The van der Waals surface area contributed by atoms with E-state index in [-0.39, 0.29) is 18.2 Å². The molecule has 1 N–H and O–H groups in total. The van der Waals surface area contributed by atoms with Gasteiger partial charge in [0, 0.05) is 30.6 Å². The van der Waals surface area contributed by atoms with Crippen LogP contribution in [0.2, 0.25) is 0 Å². The van der Waals surface area contributed by atoms with Crippen LogP contribution < -0.4 is 14.8 Å². The first-order chi connectivity index (χ1) is 16.8. The van der Waals surface area contributed by atoms with Crippen LogP contribution in [0.1, 0.15) is 27.2 Å². The minimum Gasteiger partial charge on any atom is -0.489 e. The lowest BCUT2D eigenvalue weighted by molar-refractivity contribution is -0.143. The second kappa shape index (κ2) is 10.2. The molecule has 180 valence electrons. The van der Waals surface area contributed by atoms with Crippen LogP contribution in [0.3, 0.4) is 0 Å². The minimum absolute atomic E-state index is 0.00649. The second-order valence-corrected chi connectivity index (χ2v) is 7.23. The molecule has 0 radical (unpaired) electrons. The Bertz CT molecular complexity index is 1280. The van der Waals surface area contributed by atoms with E-state index in [0.29, 0.717) is 22.6 Å².